The molecule has 0 spiro atoms. The zero-order valence-corrected chi connectivity index (χ0v) is 18.4. The van der Waals surface area contributed by atoms with Crippen LogP contribution in [0, 0.1) is 9.49 Å². The number of ether oxygens (including phenoxy) is 1. The van der Waals surface area contributed by atoms with E-state index in [4.69, 9.17) is 4.74 Å². The summed E-state index contributed by atoms with van der Waals surface area (Å²) in [4.78, 5) is 7.81. The van der Waals surface area contributed by atoms with E-state index < -0.39 is 0 Å². The molecule has 0 atom stereocenters. The molecule has 0 aromatic heterocycles. The average molecular weight is 469 g/mol. The van der Waals surface area contributed by atoms with Crippen molar-refractivity contribution in [1.82, 2.24) is 9.80 Å². The fourth-order valence-electron chi connectivity index (χ4n) is 4.49. The molecule has 1 saturated carbocycles. The van der Waals surface area contributed by atoms with Crippen molar-refractivity contribution in [1.29, 1.82) is 0 Å². The van der Waals surface area contributed by atoms with Crippen molar-refractivity contribution >= 4 is 28.3 Å². The van der Waals surface area contributed by atoms with Gasteiger partial charge in [-0.3, -0.25) is 4.90 Å². The first-order valence-corrected chi connectivity index (χ1v) is 11.3. The minimum atomic E-state index is 0.776. The lowest BCUT2D eigenvalue weighted by Gasteiger charge is -2.43. The molecule has 0 unspecified atom stereocenters. The lowest BCUT2D eigenvalue weighted by molar-refractivity contribution is 0.0982. The smallest absolute Gasteiger partial charge is 0.134 e. The normalized spacial score (nSPS) is 23.4. The van der Waals surface area contributed by atoms with Crippen molar-refractivity contribution in [2.24, 2.45) is 5.92 Å². The number of anilines is 1. The zero-order chi connectivity index (χ0) is 18.1. The van der Waals surface area contributed by atoms with E-state index in [1.165, 1.54) is 86.2 Å². The van der Waals surface area contributed by atoms with Gasteiger partial charge in [0.1, 0.15) is 5.75 Å². The Kier molecular flexibility index (Phi) is 5.96. The number of likely N-dealkylation sites (N-methyl/N-ethyl adjacent to an activating group) is 1. The molecule has 1 aliphatic carbocycles. The molecule has 0 N–H and O–H groups in total. The molecule has 2 heterocycles. The average Bonchev–Trinajstić information content (AvgIpc) is 3.47. The molecule has 0 bridgehead atoms. The fraction of sp³-hybridized carbons (Fsp3) is 0.714. The second-order valence-corrected chi connectivity index (χ2v) is 9.48. The Morgan fingerprint density at radius 3 is 2.31 bits per heavy atom. The highest BCUT2D eigenvalue weighted by Gasteiger charge is 2.29. The first kappa shape index (κ1) is 18.8. The van der Waals surface area contributed by atoms with Gasteiger partial charge in [0.05, 0.1) is 10.7 Å². The maximum absolute atomic E-state index is 5.63. The van der Waals surface area contributed by atoms with Crippen LogP contribution in [0.4, 0.5) is 5.69 Å². The molecule has 1 aromatic rings. The summed E-state index contributed by atoms with van der Waals surface area (Å²) in [5.41, 5.74) is 2.97. The molecule has 4 nitrogen and oxygen atoms in total. The van der Waals surface area contributed by atoms with Crippen LogP contribution >= 0.6 is 22.6 Å². The van der Waals surface area contributed by atoms with Gasteiger partial charge in [0.15, 0.2) is 0 Å². The zero-order valence-electron chi connectivity index (χ0n) is 16.2. The first-order valence-electron chi connectivity index (χ1n) is 10.2. The number of rotatable bonds is 5. The summed E-state index contributed by atoms with van der Waals surface area (Å²) in [5.74, 6) is 1.95. The number of halogens is 1. The summed E-state index contributed by atoms with van der Waals surface area (Å²) in [5, 5.41) is 0. The molecule has 144 valence electrons. The fourth-order valence-corrected chi connectivity index (χ4v) is 5.24. The van der Waals surface area contributed by atoms with Crippen LogP contribution in [-0.4, -0.2) is 69.3 Å². The second-order valence-electron chi connectivity index (χ2n) is 8.32. The molecule has 3 fully saturated rings. The first-order chi connectivity index (χ1) is 12.6. The van der Waals surface area contributed by atoms with Crippen molar-refractivity contribution in [2.75, 3.05) is 58.3 Å². The van der Waals surface area contributed by atoms with Crippen LogP contribution in [0.5, 0.6) is 5.75 Å². The van der Waals surface area contributed by atoms with Gasteiger partial charge in [-0.05, 0) is 79.3 Å². The summed E-state index contributed by atoms with van der Waals surface area (Å²) < 4.78 is 6.88. The Hall–Kier alpha value is -0.530. The van der Waals surface area contributed by atoms with Crippen LogP contribution in [0.2, 0.25) is 0 Å². The Labute approximate surface area is 172 Å². The monoisotopic (exact) mass is 469 g/mol. The van der Waals surface area contributed by atoms with Crippen LogP contribution < -0.4 is 9.64 Å². The SMILES string of the molecule is COc1cc(N2CCC(N3CCN(C)CC3)CC2)c(CC2CC2)cc1I. The van der Waals surface area contributed by atoms with E-state index in [1.807, 2.05) is 0 Å². The number of piperidine rings is 1. The van der Waals surface area contributed by atoms with Gasteiger partial charge in [0.2, 0.25) is 0 Å². The molecular weight excluding hydrogens is 437 g/mol. The summed E-state index contributed by atoms with van der Waals surface area (Å²) in [6.07, 6.45) is 6.65. The minimum Gasteiger partial charge on any atom is -0.496 e. The van der Waals surface area contributed by atoms with Crippen LogP contribution in [0.15, 0.2) is 12.1 Å². The molecule has 3 aliphatic rings. The molecule has 0 amide bonds. The maximum atomic E-state index is 5.63. The van der Waals surface area contributed by atoms with E-state index in [9.17, 15) is 0 Å². The lowest BCUT2D eigenvalue weighted by Crippen LogP contribution is -2.52. The van der Waals surface area contributed by atoms with E-state index >= 15 is 0 Å². The summed E-state index contributed by atoms with van der Waals surface area (Å²) in [6.45, 7) is 7.29. The van der Waals surface area contributed by atoms with Gasteiger partial charge in [0, 0.05) is 57.1 Å². The van der Waals surface area contributed by atoms with Gasteiger partial charge >= 0.3 is 0 Å². The number of piperazine rings is 1. The van der Waals surface area contributed by atoms with Crippen molar-refractivity contribution in [2.45, 2.75) is 38.1 Å². The number of nitrogens with zero attached hydrogens (tertiary/aromatic N) is 3. The quantitative estimate of drug-likeness (QED) is 0.615. The third kappa shape index (κ3) is 4.30. The molecule has 26 heavy (non-hydrogen) atoms. The highest BCUT2D eigenvalue weighted by Crippen LogP contribution is 2.39. The molecule has 0 radical (unpaired) electrons. The van der Waals surface area contributed by atoms with Crippen LogP contribution in [-0.2, 0) is 6.42 Å². The summed E-state index contributed by atoms with van der Waals surface area (Å²) in [6, 6.07) is 5.45. The van der Waals surface area contributed by atoms with Gasteiger partial charge in [-0.1, -0.05) is 0 Å². The predicted octanol–water partition coefficient (Wildman–Crippen LogP) is 3.47. The van der Waals surface area contributed by atoms with Crippen LogP contribution in [0.3, 0.4) is 0 Å². The van der Waals surface area contributed by atoms with E-state index in [0.717, 1.165) is 17.7 Å². The molecule has 5 heteroatoms. The van der Waals surface area contributed by atoms with E-state index in [0.29, 0.717) is 0 Å². The van der Waals surface area contributed by atoms with Crippen molar-refractivity contribution in [3.8, 4) is 5.75 Å². The van der Waals surface area contributed by atoms with Gasteiger partial charge in [0.25, 0.3) is 0 Å². The lowest BCUT2D eigenvalue weighted by atomic mass is 9.99. The topological polar surface area (TPSA) is 19.0 Å². The van der Waals surface area contributed by atoms with Crippen molar-refractivity contribution in [3.63, 3.8) is 0 Å². The highest BCUT2D eigenvalue weighted by atomic mass is 127. The molecular formula is C21H32IN3O. The van der Waals surface area contributed by atoms with Gasteiger partial charge in [-0.2, -0.15) is 0 Å². The van der Waals surface area contributed by atoms with Gasteiger partial charge in [-0.25, -0.2) is 0 Å². The molecule has 4 rings (SSSR count). The second kappa shape index (κ2) is 8.23. The molecule has 2 saturated heterocycles. The van der Waals surface area contributed by atoms with Crippen LogP contribution in [0.1, 0.15) is 31.2 Å². The van der Waals surface area contributed by atoms with Gasteiger partial charge < -0.3 is 14.5 Å². The molecule has 2 aliphatic heterocycles. The highest BCUT2D eigenvalue weighted by molar-refractivity contribution is 14.1. The largest absolute Gasteiger partial charge is 0.496 e. The Balaban J connectivity index is 1.44. The van der Waals surface area contributed by atoms with Crippen molar-refractivity contribution < 1.29 is 4.74 Å². The number of hydrogen-bond acceptors (Lipinski definition) is 4. The van der Waals surface area contributed by atoms with Crippen molar-refractivity contribution in [3.05, 3.63) is 21.3 Å². The Morgan fingerprint density at radius 2 is 1.69 bits per heavy atom. The minimum absolute atomic E-state index is 0.776. The number of benzene rings is 1. The molecule has 1 aromatic carbocycles. The standard InChI is InChI=1S/C21H32IN3O/c1-23-9-11-24(12-10-23)18-5-7-25(8-6-18)20-15-21(26-2)19(22)14-17(20)13-16-3-4-16/h14-16,18H,3-13H2,1-2H3. The van der Waals surface area contributed by atoms with E-state index in [1.54, 1.807) is 7.11 Å². The van der Waals surface area contributed by atoms with Gasteiger partial charge in [-0.15, -0.1) is 0 Å². The predicted molar refractivity (Wildman–Crippen MR) is 116 cm³/mol. The van der Waals surface area contributed by atoms with E-state index in [2.05, 4.69) is 56.5 Å². The Bertz CT molecular complexity index is 618. The Morgan fingerprint density at radius 1 is 1.00 bits per heavy atom. The number of methoxy groups -OCH3 is 1. The van der Waals surface area contributed by atoms with Crippen LogP contribution in [0.25, 0.3) is 0 Å². The number of hydrogen-bond donors (Lipinski definition) is 0. The third-order valence-corrected chi connectivity index (χ3v) is 7.26. The summed E-state index contributed by atoms with van der Waals surface area (Å²) in [7, 11) is 4.03. The van der Waals surface area contributed by atoms with E-state index in [-0.39, 0.29) is 0 Å². The third-order valence-electron chi connectivity index (χ3n) is 6.42. The summed E-state index contributed by atoms with van der Waals surface area (Å²) >= 11 is 2.42. The maximum Gasteiger partial charge on any atom is 0.134 e.